The zero-order chi connectivity index (χ0) is 11.1. The molecule has 0 amide bonds. The lowest BCUT2D eigenvalue weighted by Gasteiger charge is -2.19. The molecule has 14 heavy (non-hydrogen) atoms. The van der Waals surface area contributed by atoms with Crippen molar-refractivity contribution >= 4 is 35.9 Å². The van der Waals surface area contributed by atoms with Gasteiger partial charge in [-0.1, -0.05) is 19.6 Å². The smallest absolute Gasteiger partial charge is 0.161 e. The highest BCUT2D eigenvalue weighted by Crippen LogP contribution is 2.18. The summed E-state index contributed by atoms with van der Waals surface area (Å²) in [5.41, 5.74) is 0. The van der Waals surface area contributed by atoms with Crippen molar-refractivity contribution in [2.24, 2.45) is 0 Å². The zero-order valence-corrected chi connectivity index (χ0v) is 11.2. The summed E-state index contributed by atoms with van der Waals surface area (Å²) >= 11 is 1.67. The van der Waals surface area contributed by atoms with Crippen molar-refractivity contribution in [2.75, 3.05) is 0 Å². The van der Waals surface area contributed by atoms with Gasteiger partial charge in [0.05, 0.1) is 11.6 Å². The molecule has 0 aliphatic rings. The van der Waals surface area contributed by atoms with Gasteiger partial charge in [0.2, 0.25) is 0 Å². The lowest BCUT2D eigenvalue weighted by molar-refractivity contribution is 0.500. The molecule has 0 nitrogen and oxygen atoms in total. The van der Waals surface area contributed by atoms with Crippen LogP contribution >= 0.6 is 22.6 Å². The minimum Gasteiger partial charge on any atom is -0.206 e. The molecule has 0 spiro atoms. The fourth-order valence-electron chi connectivity index (χ4n) is 1.23. The Morgan fingerprint density at radius 1 is 1.07 bits per heavy atom. The van der Waals surface area contributed by atoms with Gasteiger partial charge in [-0.15, -0.1) is 0 Å². The van der Waals surface area contributed by atoms with Gasteiger partial charge in [0.1, 0.15) is 5.82 Å². The van der Waals surface area contributed by atoms with E-state index >= 15 is 0 Å². The van der Waals surface area contributed by atoms with Crippen LogP contribution in [0, 0.1) is 21.0 Å². The Labute approximate surface area is 95.7 Å². The third-order valence-corrected chi connectivity index (χ3v) is 4.59. The highest BCUT2D eigenvalue weighted by atomic mass is 127. The SMILES string of the molecule is C[Si](C)(C)c1c(F)c(F)cc(I)c1F. The fourth-order valence-corrected chi connectivity index (χ4v) is 3.60. The maximum atomic E-state index is 13.6. The van der Waals surface area contributed by atoms with Crippen LogP contribution in [0.15, 0.2) is 6.07 Å². The topological polar surface area (TPSA) is 0 Å². The maximum Gasteiger partial charge on any atom is 0.161 e. The predicted molar refractivity (Wildman–Crippen MR) is 62.0 cm³/mol. The summed E-state index contributed by atoms with van der Waals surface area (Å²) in [4.78, 5) is 0. The Bertz CT molecular complexity index is 345. The van der Waals surface area contributed by atoms with Crippen LogP contribution in [0.5, 0.6) is 0 Å². The zero-order valence-electron chi connectivity index (χ0n) is 8.09. The van der Waals surface area contributed by atoms with E-state index in [1.807, 2.05) is 0 Å². The maximum absolute atomic E-state index is 13.6. The first-order valence-electron chi connectivity index (χ1n) is 4.08. The van der Waals surface area contributed by atoms with E-state index in [-0.39, 0.29) is 8.76 Å². The average molecular weight is 330 g/mol. The van der Waals surface area contributed by atoms with Crippen LogP contribution in [0.4, 0.5) is 13.2 Å². The first kappa shape index (κ1) is 12.0. The Kier molecular flexibility index (Phi) is 3.30. The molecule has 5 heteroatoms. The molecule has 0 aromatic heterocycles. The second kappa shape index (κ2) is 3.84. The Morgan fingerprint density at radius 3 is 2.00 bits per heavy atom. The first-order valence-corrected chi connectivity index (χ1v) is 8.66. The van der Waals surface area contributed by atoms with Crippen LogP contribution in [0.3, 0.4) is 0 Å². The summed E-state index contributed by atoms with van der Waals surface area (Å²) in [6.07, 6.45) is 0. The van der Waals surface area contributed by atoms with Crippen LogP contribution in [0.25, 0.3) is 0 Å². The van der Waals surface area contributed by atoms with Crippen LogP contribution in [0.1, 0.15) is 0 Å². The van der Waals surface area contributed by atoms with Crippen molar-refractivity contribution in [1.82, 2.24) is 0 Å². The van der Waals surface area contributed by atoms with E-state index in [4.69, 9.17) is 0 Å². The summed E-state index contributed by atoms with van der Waals surface area (Å²) in [5, 5.41) is -0.0538. The van der Waals surface area contributed by atoms with Crippen LogP contribution in [0.2, 0.25) is 19.6 Å². The van der Waals surface area contributed by atoms with Crippen LogP contribution in [-0.4, -0.2) is 8.07 Å². The van der Waals surface area contributed by atoms with Crippen molar-refractivity contribution in [3.8, 4) is 0 Å². The van der Waals surface area contributed by atoms with Gasteiger partial charge in [-0.05, 0) is 28.7 Å². The van der Waals surface area contributed by atoms with E-state index in [2.05, 4.69) is 0 Å². The number of hydrogen-bond acceptors (Lipinski definition) is 0. The molecule has 0 heterocycles. The van der Waals surface area contributed by atoms with Crippen molar-refractivity contribution in [1.29, 1.82) is 0 Å². The molecule has 0 saturated carbocycles. The van der Waals surface area contributed by atoms with Gasteiger partial charge in [0.25, 0.3) is 0 Å². The van der Waals surface area contributed by atoms with Crippen molar-refractivity contribution in [3.05, 3.63) is 27.1 Å². The molecule has 0 bridgehead atoms. The van der Waals surface area contributed by atoms with Gasteiger partial charge in [0, 0.05) is 5.19 Å². The number of rotatable bonds is 1. The third kappa shape index (κ3) is 2.13. The van der Waals surface area contributed by atoms with Gasteiger partial charge in [-0.25, -0.2) is 13.2 Å². The van der Waals surface area contributed by atoms with Crippen molar-refractivity contribution in [3.63, 3.8) is 0 Å². The predicted octanol–water partition coefficient (Wildman–Crippen LogP) is 3.25. The minimum atomic E-state index is -2.18. The molecule has 1 aromatic carbocycles. The molecule has 0 aliphatic carbocycles. The molecule has 0 atom stereocenters. The summed E-state index contributed by atoms with van der Waals surface area (Å²) < 4.78 is 40.1. The van der Waals surface area contributed by atoms with Crippen molar-refractivity contribution in [2.45, 2.75) is 19.6 Å². The lowest BCUT2D eigenvalue weighted by atomic mass is 10.3. The van der Waals surface area contributed by atoms with E-state index in [1.165, 1.54) is 0 Å². The molecular weight excluding hydrogens is 320 g/mol. The average Bonchev–Trinajstić information content (AvgIpc) is 1.98. The molecule has 78 valence electrons. The first-order chi connectivity index (χ1) is 6.25. The second-order valence-corrected chi connectivity index (χ2v) is 10.3. The molecule has 0 unspecified atom stereocenters. The quantitative estimate of drug-likeness (QED) is 0.421. The van der Waals surface area contributed by atoms with Gasteiger partial charge >= 0.3 is 0 Å². The summed E-state index contributed by atoms with van der Waals surface area (Å²) in [6.45, 7) is 5.35. The molecule has 0 saturated heterocycles. The molecule has 0 fully saturated rings. The molecule has 1 aromatic rings. The van der Waals surface area contributed by atoms with E-state index in [9.17, 15) is 13.2 Å². The van der Waals surface area contributed by atoms with E-state index in [0.717, 1.165) is 6.07 Å². The Hall–Kier alpha value is -0.0431. The van der Waals surface area contributed by atoms with Gasteiger partial charge < -0.3 is 0 Å². The minimum absolute atomic E-state index is 0.0538. The van der Waals surface area contributed by atoms with Crippen LogP contribution < -0.4 is 5.19 Å². The molecule has 0 radical (unpaired) electrons. The lowest BCUT2D eigenvalue weighted by Crippen LogP contribution is -2.43. The van der Waals surface area contributed by atoms with Gasteiger partial charge in [-0.2, -0.15) is 0 Å². The van der Waals surface area contributed by atoms with E-state index < -0.39 is 25.5 Å². The molecule has 0 N–H and O–H groups in total. The summed E-state index contributed by atoms with van der Waals surface area (Å²) in [5.74, 6) is -2.60. The molecular formula is C9H10F3ISi. The van der Waals surface area contributed by atoms with E-state index in [1.54, 1.807) is 42.2 Å². The number of benzene rings is 1. The molecule has 0 aliphatic heterocycles. The monoisotopic (exact) mass is 330 g/mol. The third-order valence-electron chi connectivity index (χ3n) is 1.86. The standard InChI is InChI=1S/C9H10F3ISi/c1-14(2,3)9-7(11)5(10)4-6(13)8(9)12/h4H,1-3H3. The van der Waals surface area contributed by atoms with Gasteiger partial charge in [-0.3, -0.25) is 0 Å². The van der Waals surface area contributed by atoms with Crippen LogP contribution in [-0.2, 0) is 0 Å². The summed E-state index contributed by atoms with van der Waals surface area (Å²) in [7, 11) is -2.18. The highest BCUT2D eigenvalue weighted by molar-refractivity contribution is 14.1. The molecule has 1 rings (SSSR count). The fraction of sp³-hybridized carbons (Fsp3) is 0.333. The number of hydrogen-bond donors (Lipinski definition) is 0. The van der Waals surface area contributed by atoms with Gasteiger partial charge in [0.15, 0.2) is 11.6 Å². The largest absolute Gasteiger partial charge is 0.206 e. The summed E-state index contributed by atoms with van der Waals surface area (Å²) in [6, 6.07) is 0.884. The Balaban J connectivity index is 3.56. The Morgan fingerprint density at radius 2 is 1.57 bits per heavy atom. The second-order valence-electron chi connectivity index (χ2n) is 4.09. The van der Waals surface area contributed by atoms with Crippen molar-refractivity contribution < 1.29 is 13.2 Å². The number of halogens is 4. The highest BCUT2D eigenvalue weighted by Gasteiger charge is 2.28. The van der Waals surface area contributed by atoms with E-state index in [0.29, 0.717) is 0 Å². The normalized spacial score (nSPS) is 11.9.